The molecule has 1 heterocycles. The molecular formula is C14H13NO4. The van der Waals surface area contributed by atoms with E-state index in [0.717, 1.165) is 5.56 Å². The number of aromatic nitrogens is 1. The second-order valence-electron chi connectivity index (χ2n) is 3.82. The number of rotatable bonds is 3. The Hall–Kier alpha value is -2.56. The molecule has 2 rings (SSSR count). The van der Waals surface area contributed by atoms with E-state index in [1.54, 1.807) is 30.3 Å². The van der Waals surface area contributed by atoms with Crippen LogP contribution in [-0.2, 0) is 4.74 Å². The lowest BCUT2D eigenvalue weighted by molar-refractivity contribution is 0.0600. The monoisotopic (exact) mass is 259 g/mol. The van der Waals surface area contributed by atoms with Crippen LogP contribution in [0.15, 0.2) is 36.4 Å². The summed E-state index contributed by atoms with van der Waals surface area (Å²) in [6.45, 7) is 0. The first-order valence-electron chi connectivity index (χ1n) is 5.58. The van der Waals surface area contributed by atoms with Gasteiger partial charge in [-0.1, -0.05) is 0 Å². The first kappa shape index (κ1) is 12.9. The minimum Gasteiger partial charge on any atom is -0.508 e. The zero-order valence-electron chi connectivity index (χ0n) is 10.6. The fourth-order valence-corrected chi connectivity index (χ4v) is 1.63. The van der Waals surface area contributed by atoms with Gasteiger partial charge in [-0.3, -0.25) is 0 Å². The number of esters is 1. The van der Waals surface area contributed by atoms with Crippen LogP contribution in [0.2, 0.25) is 0 Å². The van der Waals surface area contributed by atoms with Crippen molar-refractivity contribution in [3.63, 3.8) is 0 Å². The lowest BCUT2D eigenvalue weighted by atomic mass is 10.1. The van der Waals surface area contributed by atoms with Crippen LogP contribution in [0.4, 0.5) is 0 Å². The number of phenolic OH excluding ortho intramolecular Hbond substituents is 1. The maximum atomic E-state index is 11.6. The summed E-state index contributed by atoms with van der Waals surface area (Å²) < 4.78 is 9.75. The van der Waals surface area contributed by atoms with Gasteiger partial charge in [0, 0.05) is 11.6 Å². The molecule has 0 aliphatic heterocycles. The van der Waals surface area contributed by atoms with Crippen LogP contribution in [0.1, 0.15) is 10.4 Å². The molecule has 0 aliphatic rings. The van der Waals surface area contributed by atoms with Crippen molar-refractivity contribution < 1.29 is 19.4 Å². The first-order chi connectivity index (χ1) is 9.13. The number of ether oxygens (including phenoxy) is 2. The van der Waals surface area contributed by atoms with Crippen LogP contribution in [-0.4, -0.2) is 30.3 Å². The predicted octanol–water partition coefficient (Wildman–Crippen LogP) is 2.25. The molecule has 1 N–H and O–H groups in total. The van der Waals surface area contributed by atoms with Crippen LogP contribution in [0, 0.1) is 0 Å². The molecule has 0 bridgehead atoms. The largest absolute Gasteiger partial charge is 0.508 e. The fraction of sp³-hybridized carbons (Fsp3) is 0.143. The number of aromatic hydroxyl groups is 1. The number of carbonyl (C=O) groups excluding carboxylic acids is 1. The lowest BCUT2D eigenvalue weighted by Gasteiger charge is -2.07. The Bertz CT molecular complexity index is 593. The minimum absolute atomic E-state index is 0.167. The summed E-state index contributed by atoms with van der Waals surface area (Å²) >= 11 is 0. The zero-order chi connectivity index (χ0) is 13.8. The number of phenols is 1. The van der Waals surface area contributed by atoms with Gasteiger partial charge in [-0.15, -0.1) is 0 Å². The van der Waals surface area contributed by atoms with Crippen LogP contribution >= 0.6 is 0 Å². The van der Waals surface area contributed by atoms with Gasteiger partial charge in [-0.25, -0.2) is 9.78 Å². The van der Waals surface area contributed by atoms with Crippen molar-refractivity contribution in [2.75, 3.05) is 14.2 Å². The molecule has 1 aromatic heterocycles. The molecule has 2 aromatic rings. The van der Waals surface area contributed by atoms with Crippen molar-refractivity contribution in [2.24, 2.45) is 0 Å². The molecule has 0 amide bonds. The Balaban J connectivity index is 2.50. The van der Waals surface area contributed by atoms with Gasteiger partial charge in [0.15, 0.2) is 0 Å². The molecule has 0 saturated heterocycles. The maximum Gasteiger partial charge on any atom is 0.338 e. The highest BCUT2D eigenvalue weighted by Crippen LogP contribution is 2.24. The number of methoxy groups -OCH3 is 2. The van der Waals surface area contributed by atoms with Gasteiger partial charge in [0.05, 0.1) is 25.5 Å². The van der Waals surface area contributed by atoms with Gasteiger partial charge < -0.3 is 14.6 Å². The smallest absolute Gasteiger partial charge is 0.338 e. The van der Waals surface area contributed by atoms with Gasteiger partial charge in [-0.05, 0) is 30.3 Å². The van der Waals surface area contributed by atoms with E-state index >= 15 is 0 Å². The Kier molecular flexibility index (Phi) is 3.66. The number of nitrogens with zero attached hydrogens (tertiary/aromatic N) is 1. The standard InChI is InChI=1S/C14H13NO4/c1-18-13-8-10(14(17)19-2)7-12(15-13)9-3-5-11(16)6-4-9/h3-8,16H,1-2H3. The summed E-state index contributed by atoms with van der Waals surface area (Å²) in [5.74, 6) is 0.0338. The van der Waals surface area contributed by atoms with E-state index in [-0.39, 0.29) is 5.75 Å². The third-order valence-electron chi connectivity index (χ3n) is 2.60. The summed E-state index contributed by atoms with van der Waals surface area (Å²) in [5.41, 5.74) is 1.69. The van der Waals surface area contributed by atoms with Crippen molar-refractivity contribution in [2.45, 2.75) is 0 Å². The third kappa shape index (κ3) is 2.82. The summed E-state index contributed by atoms with van der Waals surface area (Å²) in [5, 5.41) is 9.27. The van der Waals surface area contributed by atoms with Crippen LogP contribution in [0.5, 0.6) is 11.6 Å². The van der Waals surface area contributed by atoms with Crippen LogP contribution < -0.4 is 4.74 Å². The Labute approximate surface area is 110 Å². The molecule has 0 spiro atoms. The molecule has 0 aliphatic carbocycles. The number of hydrogen-bond donors (Lipinski definition) is 1. The average Bonchev–Trinajstić information content (AvgIpc) is 2.46. The number of hydrogen-bond acceptors (Lipinski definition) is 5. The second-order valence-corrected chi connectivity index (χ2v) is 3.82. The average molecular weight is 259 g/mol. The van der Waals surface area contributed by atoms with Gasteiger partial charge in [0.1, 0.15) is 5.75 Å². The quantitative estimate of drug-likeness (QED) is 0.856. The summed E-state index contributed by atoms with van der Waals surface area (Å²) in [6, 6.07) is 9.63. The summed E-state index contributed by atoms with van der Waals surface area (Å²) in [4.78, 5) is 15.8. The molecule has 19 heavy (non-hydrogen) atoms. The summed E-state index contributed by atoms with van der Waals surface area (Å²) in [6.07, 6.45) is 0. The molecule has 0 fully saturated rings. The minimum atomic E-state index is -0.458. The van der Waals surface area contributed by atoms with Crippen molar-refractivity contribution in [1.82, 2.24) is 4.98 Å². The van der Waals surface area contributed by atoms with E-state index < -0.39 is 5.97 Å². The molecule has 0 unspecified atom stereocenters. The highest BCUT2D eigenvalue weighted by Gasteiger charge is 2.11. The van der Waals surface area contributed by atoms with Crippen molar-refractivity contribution in [3.05, 3.63) is 42.0 Å². The molecular weight excluding hydrogens is 246 g/mol. The van der Waals surface area contributed by atoms with Crippen molar-refractivity contribution >= 4 is 5.97 Å². The summed E-state index contributed by atoms with van der Waals surface area (Å²) in [7, 11) is 2.79. The number of benzene rings is 1. The van der Waals surface area contributed by atoms with Gasteiger partial charge >= 0.3 is 5.97 Å². The van der Waals surface area contributed by atoms with Crippen LogP contribution in [0.3, 0.4) is 0 Å². The molecule has 0 saturated carbocycles. The number of carbonyl (C=O) groups is 1. The Morgan fingerprint density at radius 2 is 1.84 bits per heavy atom. The molecule has 5 nitrogen and oxygen atoms in total. The second kappa shape index (κ2) is 5.39. The Morgan fingerprint density at radius 1 is 1.16 bits per heavy atom. The van der Waals surface area contributed by atoms with E-state index in [0.29, 0.717) is 17.1 Å². The van der Waals surface area contributed by atoms with Crippen molar-refractivity contribution in [3.8, 4) is 22.9 Å². The molecule has 0 atom stereocenters. The zero-order valence-corrected chi connectivity index (χ0v) is 10.6. The van der Waals surface area contributed by atoms with Crippen molar-refractivity contribution in [1.29, 1.82) is 0 Å². The lowest BCUT2D eigenvalue weighted by Crippen LogP contribution is -2.03. The van der Waals surface area contributed by atoms with E-state index in [2.05, 4.69) is 9.72 Å². The normalized spacial score (nSPS) is 10.0. The van der Waals surface area contributed by atoms with E-state index in [9.17, 15) is 9.90 Å². The topological polar surface area (TPSA) is 68.7 Å². The van der Waals surface area contributed by atoms with E-state index in [4.69, 9.17) is 4.74 Å². The first-order valence-corrected chi connectivity index (χ1v) is 5.58. The molecule has 1 aromatic carbocycles. The van der Waals surface area contributed by atoms with Crippen LogP contribution in [0.25, 0.3) is 11.3 Å². The highest BCUT2D eigenvalue weighted by atomic mass is 16.5. The predicted molar refractivity (Wildman–Crippen MR) is 69.2 cm³/mol. The molecule has 5 heteroatoms. The SMILES string of the molecule is COC(=O)c1cc(OC)nc(-c2ccc(O)cc2)c1. The molecule has 0 radical (unpaired) electrons. The van der Waals surface area contributed by atoms with E-state index in [1.165, 1.54) is 20.3 Å². The van der Waals surface area contributed by atoms with E-state index in [1.807, 2.05) is 0 Å². The van der Waals surface area contributed by atoms with Gasteiger partial charge in [-0.2, -0.15) is 0 Å². The van der Waals surface area contributed by atoms with Gasteiger partial charge in [0.2, 0.25) is 5.88 Å². The molecule has 98 valence electrons. The highest BCUT2D eigenvalue weighted by molar-refractivity contribution is 5.91. The Morgan fingerprint density at radius 3 is 2.42 bits per heavy atom. The maximum absolute atomic E-state index is 11.6. The fourth-order valence-electron chi connectivity index (χ4n) is 1.63. The third-order valence-corrected chi connectivity index (χ3v) is 2.60. The van der Waals surface area contributed by atoms with Gasteiger partial charge in [0.25, 0.3) is 0 Å². The number of pyridine rings is 1.